The van der Waals surface area contributed by atoms with Crippen LogP contribution >= 0.6 is 0 Å². The molecule has 0 radical (unpaired) electrons. The second kappa shape index (κ2) is 11.6. The van der Waals surface area contributed by atoms with Gasteiger partial charge in [0.15, 0.2) is 0 Å². The number of aromatic nitrogens is 1. The third-order valence-corrected chi connectivity index (χ3v) is 6.44. The minimum atomic E-state index is -0.412. The first-order valence-corrected chi connectivity index (χ1v) is 12.3. The van der Waals surface area contributed by atoms with E-state index >= 15 is 0 Å². The number of hydrogen-bond acceptors (Lipinski definition) is 3. The Kier molecular flexibility index (Phi) is 8.10. The van der Waals surface area contributed by atoms with E-state index in [0.717, 1.165) is 41.5 Å². The molecule has 186 valence electrons. The van der Waals surface area contributed by atoms with Gasteiger partial charge in [-0.15, -0.1) is 0 Å². The summed E-state index contributed by atoms with van der Waals surface area (Å²) in [6.07, 6.45) is 5.14. The molecule has 0 saturated heterocycles. The summed E-state index contributed by atoms with van der Waals surface area (Å²) >= 11 is 0. The molecule has 0 aliphatic carbocycles. The number of non-ortho nitro benzene ring substituents is 1. The van der Waals surface area contributed by atoms with Crippen molar-refractivity contribution >= 4 is 22.5 Å². The van der Waals surface area contributed by atoms with Crippen molar-refractivity contribution in [2.75, 3.05) is 6.54 Å². The lowest BCUT2D eigenvalue weighted by molar-refractivity contribution is -0.384. The van der Waals surface area contributed by atoms with Crippen molar-refractivity contribution < 1.29 is 14.1 Å². The third kappa shape index (κ3) is 5.97. The van der Waals surface area contributed by atoms with Crippen LogP contribution in [0.5, 0.6) is 0 Å². The van der Waals surface area contributed by atoms with Crippen molar-refractivity contribution in [3.05, 3.63) is 112 Å². The van der Waals surface area contributed by atoms with Crippen molar-refractivity contribution in [1.82, 2.24) is 9.88 Å². The number of nitro groups is 1. The second-order valence-electron chi connectivity index (χ2n) is 9.02. The Morgan fingerprint density at radius 1 is 1.06 bits per heavy atom. The summed E-state index contributed by atoms with van der Waals surface area (Å²) in [5.41, 5.74) is 3.51. The third-order valence-electron chi connectivity index (χ3n) is 6.44. The maximum absolute atomic E-state index is 13.7. The van der Waals surface area contributed by atoms with Crippen molar-refractivity contribution in [2.24, 2.45) is 0 Å². The average molecular weight is 488 g/mol. The summed E-state index contributed by atoms with van der Waals surface area (Å²) < 4.78 is 15.8. The molecule has 0 unspecified atom stereocenters. The normalized spacial score (nSPS) is 11.9. The van der Waals surface area contributed by atoms with Crippen molar-refractivity contribution in [3.8, 4) is 0 Å². The number of carbonyl (C=O) groups excluding carboxylic acids is 1. The molecule has 1 atom stereocenters. The fraction of sp³-hybridized carbons (Fsp3) is 0.276. The maximum atomic E-state index is 13.7. The molecule has 0 bridgehead atoms. The van der Waals surface area contributed by atoms with E-state index in [1.807, 2.05) is 36.5 Å². The molecule has 0 aliphatic rings. The van der Waals surface area contributed by atoms with Gasteiger partial charge in [-0.05, 0) is 41.3 Å². The van der Waals surface area contributed by atoms with Crippen molar-refractivity contribution in [3.63, 3.8) is 0 Å². The number of rotatable bonds is 11. The fourth-order valence-electron chi connectivity index (χ4n) is 4.58. The molecule has 0 spiro atoms. The summed E-state index contributed by atoms with van der Waals surface area (Å²) in [5.74, 6) is -0.850. The summed E-state index contributed by atoms with van der Waals surface area (Å²) in [6.45, 7) is 3.29. The topological polar surface area (TPSA) is 77.2 Å². The summed E-state index contributed by atoms with van der Waals surface area (Å²) in [7, 11) is 0. The summed E-state index contributed by atoms with van der Waals surface area (Å²) in [4.78, 5) is 24.1. The monoisotopic (exact) mass is 487 g/mol. The second-order valence-corrected chi connectivity index (χ2v) is 9.02. The molecule has 0 saturated carbocycles. The number of halogens is 1. The lowest BCUT2D eigenvalue weighted by Crippen LogP contribution is -2.26. The van der Waals surface area contributed by atoms with Gasteiger partial charge in [-0.3, -0.25) is 14.9 Å². The quantitative estimate of drug-likeness (QED) is 0.148. The molecular formula is C29H30FN3O3. The van der Waals surface area contributed by atoms with Gasteiger partial charge in [-0.25, -0.2) is 4.39 Å². The Labute approximate surface area is 209 Å². The summed E-state index contributed by atoms with van der Waals surface area (Å²) in [5, 5.41) is 15.3. The van der Waals surface area contributed by atoms with Crippen LogP contribution in [0.2, 0.25) is 0 Å². The first-order valence-electron chi connectivity index (χ1n) is 12.3. The zero-order chi connectivity index (χ0) is 25.5. The zero-order valence-corrected chi connectivity index (χ0v) is 20.3. The van der Waals surface area contributed by atoms with E-state index in [4.69, 9.17) is 0 Å². The molecule has 4 aromatic rings. The highest BCUT2D eigenvalue weighted by atomic mass is 19.1. The van der Waals surface area contributed by atoms with Crippen LogP contribution in [0.1, 0.15) is 55.2 Å². The van der Waals surface area contributed by atoms with Gasteiger partial charge in [0.1, 0.15) is 5.82 Å². The van der Waals surface area contributed by atoms with Gasteiger partial charge >= 0.3 is 0 Å². The van der Waals surface area contributed by atoms with Crippen LogP contribution in [0.4, 0.5) is 10.1 Å². The van der Waals surface area contributed by atoms with E-state index in [9.17, 15) is 19.3 Å². The largest absolute Gasteiger partial charge is 0.356 e. The van der Waals surface area contributed by atoms with Gasteiger partial charge in [-0.2, -0.15) is 0 Å². The number of nitrogens with zero attached hydrogens (tertiary/aromatic N) is 2. The first kappa shape index (κ1) is 25.1. The lowest BCUT2D eigenvalue weighted by atomic mass is 9.88. The molecule has 0 aliphatic heterocycles. The zero-order valence-electron chi connectivity index (χ0n) is 20.3. The number of hydrogen-bond donors (Lipinski definition) is 1. The van der Waals surface area contributed by atoms with E-state index in [-0.39, 0.29) is 23.8 Å². The Hall–Kier alpha value is -4.00. The highest BCUT2D eigenvalue weighted by Gasteiger charge is 2.24. The average Bonchev–Trinajstić information content (AvgIpc) is 3.23. The highest BCUT2D eigenvalue weighted by Crippen LogP contribution is 2.37. The predicted molar refractivity (Wildman–Crippen MR) is 140 cm³/mol. The minimum absolute atomic E-state index is 0.0110. The minimum Gasteiger partial charge on any atom is -0.356 e. The molecule has 1 amide bonds. The van der Waals surface area contributed by atoms with Crippen molar-refractivity contribution in [2.45, 2.75) is 45.1 Å². The van der Waals surface area contributed by atoms with Crippen LogP contribution < -0.4 is 5.32 Å². The van der Waals surface area contributed by atoms with E-state index < -0.39 is 10.8 Å². The van der Waals surface area contributed by atoms with E-state index in [0.29, 0.717) is 18.5 Å². The van der Waals surface area contributed by atoms with Crippen LogP contribution in [0.25, 0.3) is 10.9 Å². The molecule has 1 N–H and O–H groups in total. The van der Waals surface area contributed by atoms with Crippen LogP contribution in [0, 0.1) is 15.9 Å². The van der Waals surface area contributed by atoms with Gasteiger partial charge < -0.3 is 9.88 Å². The predicted octanol–water partition coefficient (Wildman–Crippen LogP) is 6.57. The molecule has 1 aromatic heterocycles. The Balaban J connectivity index is 1.78. The number of amides is 1. The smallest absolute Gasteiger partial charge is 0.270 e. The van der Waals surface area contributed by atoms with E-state index in [1.165, 1.54) is 18.2 Å². The highest BCUT2D eigenvalue weighted by molar-refractivity contribution is 5.88. The molecule has 6 nitrogen and oxygen atoms in total. The summed E-state index contributed by atoms with van der Waals surface area (Å²) in [6, 6.07) is 20.9. The number of benzene rings is 3. The van der Waals surface area contributed by atoms with Crippen LogP contribution in [-0.4, -0.2) is 21.9 Å². The van der Waals surface area contributed by atoms with Gasteiger partial charge in [0.2, 0.25) is 5.91 Å². The SMILES string of the molecule is CCCCCNC(=O)C[C@H](c1ccc(F)cc1)c1cn(Cc2ccccc2)c2ccc([N+](=O)[O-])cc12. The number of unbranched alkanes of at least 4 members (excludes halogenated alkanes) is 2. The fourth-order valence-corrected chi connectivity index (χ4v) is 4.58. The molecule has 1 heterocycles. The van der Waals surface area contributed by atoms with Gasteiger partial charge in [0, 0.05) is 54.7 Å². The Morgan fingerprint density at radius 2 is 1.81 bits per heavy atom. The van der Waals surface area contributed by atoms with Crippen LogP contribution in [0.3, 0.4) is 0 Å². The molecule has 3 aromatic carbocycles. The van der Waals surface area contributed by atoms with Crippen LogP contribution in [0.15, 0.2) is 79.0 Å². The molecule has 0 fully saturated rings. The van der Waals surface area contributed by atoms with Crippen LogP contribution in [-0.2, 0) is 11.3 Å². The van der Waals surface area contributed by atoms with Gasteiger partial charge in [-0.1, -0.05) is 62.2 Å². The van der Waals surface area contributed by atoms with E-state index in [2.05, 4.69) is 16.8 Å². The number of fused-ring (bicyclic) bond motifs is 1. The van der Waals surface area contributed by atoms with Gasteiger partial charge in [0.25, 0.3) is 5.69 Å². The molecule has 4 rings (SSSR count). The molecular weight excluding hydrogens is 457 g/mol. The lowest BCUT2D eigenvalue weighted by Gasteiger charge is -2.17. The molecule has 36 heavy (non-hydrogen) atoms. The standard InChI is InChI=1S/C29H30FN3O3/c1-2-3-7-16-31-29(34)18-25(22-10-12-23(30)13-11-22)27-20-32(19-21-8-5-4-6-9-21)28-15-14-24(33(35)36)17-26(27)28/h4-6,8-15,17,20,25H,2-3,7,16,18-19H2,1H3,(H,31,34)/t25-/m1/s1. The number of nitro benzene ring substituents is 1. The Bertz CT molecular complexity index is 1330. The number of nitrogens with one attached hydrogen (secondary N) is 1. The van der Waals surface area contributed by atoms with Crippen molar-refractivity contribution in [1.29, 1.82) is 0 Å². The maximum Gasteiger partial charge on any atom is 0.270 e. The first-order chi connectivity index (χ1) is 17.5. The Morgan fingerprint density at radius 3 is 2.50 bits per heavy atom. The number of carbonyl (C=O) groups is 1. The van der Waals surface area contributed by atoms with Gasteiger partial charge in [0.05, 0.1) is 4.92 Å². The van der Waals surface area contributed by atoms with E-state index in [1.54, 1.807) is 24.3 Å². The molecule has 7 heteroatoms.